The number of halogens is 1. The summed E-state index contributed by atoms with van der Waals surface area (Å²) in [6.07, 6.45) is 1.78. The normalized spacial score (nSPS) is 10.2. The Kier molecular flexibility index (Phi) is 5.10. The van der Waals surface area contributed by atoms with Gasteiger partial charge in [-0.25, -0.2) is 9.97 Å². The molecule has 0 saturated heterocycles. The lowest BCUT2D eigenvalue weighted by molar-refractivity contribution is 0.112. The van der Waals surface area contributed by atoms with Gasteiger partial charge in [0.25, 0.3) is 0 Å². The summed E-state index contributed by atoms with van der Waals surface area (Å²) in [4.78, 5) is 20.0. The molecule has 0 saturated carbocycles. The van der Waals surface area contributed by atoms with Gasteiger partial charge in [0.1, 0.15) is 17.3 Å². The highest BCUT2D eigenvalue weighted by Crippen LogP contribution is 2.20. The monoisotopic (exact) mass is 245 g/mol. The fourth-order valence-corrected chi connectivity index (χ4v) is 1.46. The Morgan fingerprint density at radius 1 is 1.31 bits per heavy atom. The van der Waals surface area contributed by atoms with Crippen molar-refractivity contribution in [1.82, 2.24) is 9.97 Å². The van der Waals surface area contributed by atoms with Gasteiger partial charge in [0.05, 0.1) is 18.8 Å². The zero-order chi connectivity index (χ0) is 12.0. The van der Waals surface area contributed by atoms with Gasteiger partial charge in [-0.3, -0.25) is 4.79 Å². The van der Waals surface area contributed by atoms with Crippen molar-refractivity contribution in [2.45, 2.75) is 0 Å². The summed E-state index contributed by atoms with van der Waals surface area (Å²) >= 11 is 5.74. The van der Waals surface area contributed by atoms with Crippen molar-refractivity contribution < 1.29 is 15.0 Å². The van der Waals surface area contributed by atoms with Gasteiger partial charge < -0.3 is 15.1 Å². The molecule has 0 fully saturated rings. The van der Waals surface area contributed by atoms with Crippen LogP contribution >= 0.6 is 11.6 Å². The summed E-state index contributed by atoms with van der Waals surface area (Å²) in [5, 5.41) is 17.8. The smallest absolute Gasteiger partial charge is 0.156 e. The molecule has 0 aliphatic carbocycles. The Hall–Kier alpha value is -1.24. The van der Waals surface area contributed by atoms with Crippen molar-refractivity contribution in [3.05, 3.63) is 17.0 Å². The largest absolute Gasteiger partial charge is 0.395 e. The van der Waals surface area contributed by atoms with Crippen LogP contribution in [0.3, 0.4) is 0 Å². The van der Waals surface area contributed by atoms with Crippen LogP contribution in [0.1, 0.15) is 10.4 Å². The highest BCUT2D eigenvalue weighted by molar-refractivity contribution is 6.32. The molecule has 7 heteroatoms. The lowest BCUT2D eigenvalue weighted by Gasteiger charge is -2.22. The number of hydrogen-bond donors (Lipinski definition) is 2. The van der Waals surface area contributed by atoms with Crippen LogP contribution in [0.4, 0.5) is 5.82 Å². The molecule has 0 spiro atoms. The predicted octanol–water partition coefficient (Wildman–Crippen LogP) is -0.266. The zero-order valence-electron chi connectivity index (χ0n) is 8.51. The van der Waals surface area contributed by atoms with Gasteiger partial charge in [-0.1, -0.05) is 11.6 Å². The molecule has 16 heavy (non-hydrogen) atoms. The Morgan fingerprint density at radius 2 is 1.94 bits per heavy atom. The zero-order valence-corrected chi connectivity index (χ0v) is 9.26. The van der Waals surface area contributed by atoms with Crippen molar-refractivity contribution in [3.8, 4) is 0 Å². The molecule has 1 aromatic rings. The number of carbonyl (C=O) groups is 1. The van der Waals surface area contributed by atoms with Gasteiger partial charge in [0.2, 0.25) is 0 Å². The molecular formula is C9H12ClN3O3. The average Bonchev–Trinajstić information content (AvgIpc) is 2.28. The van der Waals surface area contributed by atoms with Crippen molar-refractivity contribution in [3.63, 3.8) is 0 Å². The van der Waals surface area contributed by atoms with Crippen LogP contribution in [0, 0.1) is 0 Å². The maximum Gasteiger partial charge on any atom is 0.156 e. The molecule has 2 N–H and O–H groups in total. The fourth-order valence-electron chi connectivity index (χ4n) is 1.28. The minimum Gasteiger partial charge on any atom is -0.395 e. The number of nitrogens with zero attached hydrogens (tertiary/aromatic N) is 3. The van der Waals surface area contributed by atoms with Crippen molar-refractivity contribution in [1.29, 1.82) is 0 Å². The van der Waals surface area contributed by atoms with Gasteiger partial charge >= 0.3 is 0 Å². The van der Waals surface area contributed by atoms with Crippen molar-refractivity contribution >= 4 is 23.7 Å². The van der Waals surface area contributed by atoms with E-state index in [0.29, 0.717) is 12.1 Å². The highest BCUT2D eigenvalue weighted by atomic mass is 35.5. The lowest BCUT2D eigenvalue weighted by atomic mass is 10.3. The van der Waals surface area contributed by atoms with Crippen LogP contribution in [0.2, 0.25) is 5.15 Å². The maximum absolute atomic E-state index is 10.8. The number of aromatic nitrogens is 2. The molecule has 0 aliphatic heterocycles. The minimum atomic E-state index is -0.111. The first-order chi connectivity index (χ1) is 7.74. The first-order valence-corrected chi connectivity index (χ1v) is 5.04. The third-order valence-electron chi connectivity index (χ3n) is 1.97. The van der Waals surface area contributed by atoms with Crippen molar-refractivity contribution in [2.24, 2.45) is 0 Å². The molecule has 1 heterocycles. The number of aliphatic hydroxyl groups excluding tert-OH is 2. The lowest BCUT2D eigenvalue weighted by Crippen LogP contribution is -2.31. The third-order valence-corrected chi connectivity index (χ3v) is 2.27. The van der Waals surface area contributed by atoms with E-state index in [2.05, 4.69) is 9.97 Å². The van der Waals surface area contributed by atoms with E-state index in [0.717, 1.165) is 0 Å². The standard InChI is InChI=1S/C9H12ClN3O3/c10-8-7(5-16)9(12-6-11-8)13(1-3-14)2-4-15/h5-6,14-15H,1-4H2. The minimum absolute atomic E-state index is 0.0564. The number of carbonyl (C=O) groups excluding carboxylic acids is 1. The molecule has 0 aromatic carbocycles. The van der Waals surface area contributed by atoms with Gasteiger partial charge in [-0.2, -0.15) is 0 Å². The van der Waals surface area contributed by atoms with E-state index in [1.54, 1.807) is 4.90 Å². The van der Waals surface area contributed by atoms with Gasteiger partial charge in [0.15, 0.2) is 6.29 Å². The summed E-state index contributed by atoms with van der Waals surface area (Å²) in [7, 11) is 0. The van der Waals surface area contributed by atoms with E-state index in [9.17, 15) is 4.79 Å². The topological polar surface area (TPSA) is 86.6 Å². The Labute approximate surface area is 97.5 Å². The van der Waals surface area contributed by atoms with Crippen LogP contribution in [0.5, 0.6) is 0 Å². The van der Waals surface area contributed by atoms with E-state index in [-0.39, 0.29) is 37.0 Å². The number of aliphatic hydroxyl groups is 2. The van der Waals surface area contributed by atoms with Crippen LogP contribution < -0.4 is 4.90 Å². The summed E-state index contributed by atoms with van der Waals surface area (Å²) < 4.78 is 0. The highest BCUT2D eigenvalue weighted by Gasteiger charge is 2.15. The molecule has 1 rings (SSSR count). The maximum atomic E-state index is 10.8. The summed E-state index contributed by atoms with van der Waals surface area (Å²) in [6, 6.07) is 0. The number of rotatable bonds is 6. The average molecular weight is 246 g/mol. The predicted molar refractivity (Wildman–Crippen MR) is 58.8 cm³/mol. The second-order valence-electron chi connectivity index (χ2n) is 2.95. The Bertz CT molecular complexity index is 356. The number of aldehydes is 1. The number of hydrogen-bond acceptors (Lipinski definition) is 6. The summed E-state index contributed by atoms with van der Waals surface area (Å²) in [5.41, 5.74) is 0.158. The molecular weight excluding hydrogens is 234 g/mol. The molecule has 0 unspecified atom stereocenters. The molecule has 0 aliphatic rings. The van der Waals surface area contributed by atoms with Gasteiger partial charge in [0, 0.05) is 13.1 Å². The third kappa shape index (κ3) is 2.88. The van der Waals surface area contributed by atoms with Crippen molar-refractivity contribution in [2.75, 3.05) is 31.2 Å². The molecule has 1 aromatic heterocycles. The second-order valence-corrected chi connectivity index (χ2v) is 3.31. The van der Waals surface area contributed by atoms with E-state index < -0.39 is 0 Å². The van der Waals surface area contributed by atoms with Crippen LogP contribution in [0.25, 0.3) is 0 Å². The number of anilines is 1. The van der Waals surface area contributed by atoms with E-state index in [1.165, 1.54) is 6.33 Å². The van der Waals surface area contributed by atoms with E-state index in [4.69, 9.17) is 21.8 Å². The van der Waals surface area contributed by atoms with Crippen LogP contribution in [-0.2, 0) is 0 Å². The van der Waals surface area contributed by atoms with Crippen LogP contribution in [0.15, 0.2) is 6.33 Å². The molecule has 88 valence electrons. The molecule has 0 radical (unpaired) electrons. The summed E-state index contributed by atoms with van der Waals surface area (Å²) in [6.45, 7) is 0.295. The Morgan fingerprint density at radius 3 is 2.44 bits per heavy atom. The first-order valence-electron chi connectivity index (χ1n) is 4.67. The molecule has 0 atom stereocenters. The quantitative estimate of drug-likeness (QED) is 0.530. The summed E-state index contributed by atoms with van der Waals surface area (Å²) in [5.74, 6) is 0.318. The van der Waals surface area contributed by atoms with E-state index in [1.807, 2.05) is 0 Å². The molecule has 0 bridgehead atoms. The second kappa shape index (κ2) is 6.37. The van der Waals surface area contributed by atoms with Gasteiger partial charge in [-0.05, 0) is 0 Å². The van der Waals surface area contributed by atoms with E-state index >= 15 is 0 Å². The fraction of sp³-hybridized carbons (Fsp3) is 0.444. The van der Waals surface area contributed by atoms with Crippen LogP contribution in [-0.4, -0.2) is 52.8 Å². The molecule has 6 nitrogen and oxygen atoms in total. The first kappa shape index (κ1) is 12.8. The Balaban J connectivity index is 3.07. The SMILES string of the molecule is O=Cc1c(Cl)ncnc1N(CCO)CCO. The van der Waals surface area contributed by atoms with Gasteiger partial charge in [-0.15, -0.1) is 0 Å². The molecule has 0 amide bonds.